The number of thiazole rings is 1. The minimum absolute atomic E-state index is 0.0892. The molecule has 0 spiro atoms. The Hall–Kier alpha value is -0.980. The first kappa shape index (κ1) is 16.4. The summed E-state index contributed by atoms with van der Waals surface area (Å²) >= 11 is 1.43. The second-order valence-corrected chi connectivity index (χ2v) is 6.61. The minimum atomic E-state index is -0.0892. The van der Waals surface area contributed by atoms with Gasteiger partial charge in [-0.05, 0) is 31.6 Å². The first-order chi connectivity index (χ1) is 10.2. The van der Waals surface area contributed by atoms with Crippen molar-refractivity contribution in [3.8, 4) is 0 Å². The molecule has 2 rings (SSSR count). The van der Waals surface area contributed by atoms with Gasteiger partial charge in [0.15, 0.2) is 0 Å². The summed E-state index contributed by atoms with van der Waals surface area (Å²) in [6.07, 6.45) is 5.86. The number of carbonyl (C=O) groups excluding carboxylic acids is 1. The van der Waals surface area contributed by atoms with Crippen LogP contribution in [0.4, 0.5) is 0 Å². The van der Waals surface area contributed by atoms with E-state index in [0.717, 1.165) is 24.6 Å². The van der Waals surface area contributed by atoms with Crippen LogP contribution in [0.25, 0.3) is 0 Å². The third-order valence-corrected chi connectivity index (χ3v) is 5.10. The van der Waals surface area contributed by atoms with Crippen LogP contribution in [0.15, 0.2) is 5.38 Å². The first-order valence-corrected chi connectivity index (χ1v) is 8.57. The van der Waals surface area contributed by atoms with E-state index in [-0.39, 0.29) is 11.3 Å². The molecular weight excluding hydrogens is 286 g/mol. The van der Waals surface area contributed by atoms with E-state index in [1.165, 1.54) is 37.0 Å². The lowest BCUT2D eigenvalue weighted by atomic mass is 9.83. The number of amides is 1. The van der Waals surface area contributed by atoms with Gasteiger partial charge in [0.05, 0.1) is 0 Å². The van der Waals surface area contributed by atoms with E-state index in [1.54, 1.807) is 5.38 Å². The molecule has 118 valence electrons. The van der Waals surface area contributed by atoms with E-state index in [2.05, 4.69) is 10.3 Å². The highest BCUT2D eigenvalue weighted by Gasteiger charge is 2.34. The fourth-order valence-corrected chi connectivity index (χ4v) is 3.60. The number of rotatable bonds is 8. The van der Waals surface area contributed by atoms with E-state index < -0.39 is 0 Å². The summed E-state index contributed by atoms with van der Waals surface area (Å²) in [5.74, 6) is -0.0892. The summed E-state index contributed by atoms with van der Waals surface area (Å²) in [4.78, 5) is 16.4. The van der Waals surface area contributed by atoms with Gasteiger partial charge < -0.3 is 15.8 Å². The molecule has 5 nitrogen and oxygen atoms in total. The summed E-state index contributed by atoms with van der Waals surface area (Å²) in [5, 5.41) is 5.63. The largest absolute Gasteiger partial charge is 0.382 e. The molecule has 0 saturated heterocycles. The number of ether oxygens (including phenoxy) is 1. The third kappa shape index (κ3) is 4.49. The average molecular weight is 311 g/mol. The molecular formula is C15H25N3O2S. The van der Waals surface area contributed by atoms with Gasteiger partial charge in [0, 0.05) is 31.7 Å². The van der Waals surface area contributed by atoms with Gasteiger partial charge in [0.1, 0.15) is 10.7 Å². The Labute approximate surface area is 130 Å². The number of nitrogens with one attached hydrogen (secondary N) is 1. The Morgan fingerprint density at radius 2 is 2.29 bits per heavy atom. The molecule has 0 atom stereocenters. The molecule has 0 unspecified atom stereocenters. The van der Waals surface area contributed by atoms with Gasteiger partial charge in [0.2, 0.25) is 0 Å². The zero-order valence-electron chi connectivity index (χ0n) is 12.7. The van der Waals surface area contributed by atoms with Gasteiger partial charge in [0.25, 0.3) is 5.91 Å². The molecule has 0 radical (unpaired) electrons. The van der Waals surface area contributed by atoms with Crippen molar-refractivity contribution in [1.82, 2.24) is 10.3 Å². The van der Waals surface area contributed by atoms with E-state index >= 15 is 0 Å². The van der Waals surface area contributed by atoms with Gasteiger partial charge in [-0.1, -0.05) is 12.8 Å². The zero-order chi connectivity index (χ0) is 15.1. The summed E-state index contributed by atoms with van der Waals surface area (Å²) < 4.78 is 5.49. The summed E-state index contributed by atoms with van der Waals surface area (Å²) in [6.45, 7) is 4.65. The highest BCUT2D eigenvalue weighted by Crippen LogP contribution is 2.40. The Bertz CT molecular complexity index is 456. The van der Waals surface area contributed by atoms with Crippen molar-refractivity contribution in [2.75, 3.05) is 19.8 Å². The fourth-order valence-electron chi connectivity index (χ4n) is 2.94. The highest BCUT2D eigenvalue weighted by atomic mass is 32.1. The second kappa shape index (κ2) is 7.87. The lowest BCUT2D eigenvalue weighted by Gasteiger charge is -2.29. The Kier molecular flexibility index (Phi) is 6.14. The Morgan fingerprint density at radius 1 is 1.52 bits per heavy atom. The Balaban J connectivity index is 1.87. The van der Waals surface area contributed by atoms with Crippen LogP contribution in [0, 0.1) is 5.41 Å². The summed E-state index contributed by atoms with van der Waals surface area (Å²) in [5.41, 5.74) is 6.22. The van der Waals surface area contributed by atoms with Crippen LogP contribution < -0.4 is 11.1 Å². The van der Waals surface area contributed by atoms with Crippen LogP contribution >= 0.6 is 11.3 Å². The van der Waals surface area contributed by atoms with Crippen molar-refractivity contribution < 1.29 is 9.53 Å². The van der Waals surface area contributed by atoms with Crippen molar-refractivity contribution in [3.05, 3.63) is 16.1 Å². The maximum absolute atomic E-state index is 12.2. The standard InChI is InChI=1S/C15H25N3O2S/c1-2-20-8-7-15(5-3-4-6-15)11-17-14(19)12-10-21-13(9-16)18-12/h10H,2-9,11,16H2,1H3,(H,17,19). The molecule has 21 heavy (non-hydrogen) atoms. The number of hydrogen-bond acceptors (Lipinski definition) is 5. The van der Waals surface area contributed by atoms with Crippen LogP contribution in [0.2, 0.25) is 0 Å². The van der Waals surface area contributed by atoms with Gasteiger partial charge in [-0.15, -0.1) is 11.3 Å². The molecule has 1 aromatic heterocycles. The quantitative estimate of drug-likeness (QED) is 0.722. The minimum Gasteiger partial charge on any atom is -0.382 e. The summed E-state index contributed by atoms with van der Waals surface area (Å²) in [7, 11) is 0. The van der Waals surface area contributed by atoms with Gasteiger partial charge >= 0.3 is 0 Å². The lowest BCUT2D eigenvalue weighted by Crippen LogP contribution is -2.37. The smallest absolute Gasteiger partial charge is 0.270 e. The molecule has 0 aromatic carbocycles. The van der Waals surface area contributed by atoms with Crippen molar-refractivity contribution in [2.45, 2.75) is 45.6 Å². The number of hydrogen-bond donors (Lipinski definition) is 2. The van der Waals surface area contributed by atoms with Crippen molar-refractivity contribution in [3.63, 3.8) is 0 Å². The van der Waals surface area contributed by atoms with E-state index in [1.807, 2.05) is 6.92 Å². The zero-order valence-corrected chi connectivity index (χ0v) is 13.5. The summed E-state index contributed by atoms with van der Waals surface area (Å²) in [6, 6.07) is 0. The van der Waals surface area contributed by atoms with Crippen molar-refractivity contribution >= 4 is 17.2 Å². The third-order valence-electron chi connectivity index (χ3n) is 4.23. The Morgan fingerprint density at radius 3 is 2.90 bits per heavy atom. The van der Waals surface area contributed by atoms with Crippen LogP contribution in [0.5, 0.6) is 0 Å². The maximum Gasteiger partial charge on any atom is 0.270 e. The fraction of sp³-hybridized carbons (Fsp3) is 0.733. The number of aromatic nitrogens is 1. The molecule has 6 heteroatoms. The highest BCUT2D eigenvalue weighted by molar-refractivity contribution is 7.09. The van der Waals surface area contributed by atoms with Crippen LogP contribution in [0.1, 0.15) is 54.5 Å². The lowest BCUT2D eigenvalue weighted by molar-refractivity contribution is 0.0859. The first-order valence-electron chi connectivity index (χ1n) is 7.69. The average Bonchev–Trinajstić information content (AvgIpc) is 3.15. The molecule has 1 amide bonds. The van der Waals surface area contributed by atoms with E-state index in [0.29, 0.717) is 18.8 Å². The molecule has 1 aromatic rings. The topological polar surface area (TPSA) is 77.2 Å². The molecule has 1 fully saturated rings. The molecule has 0 bridgehead atoms. The van der Waals surface area contributed by atoms with Crippen LogP contribution in [-0.2, 0) is 11.3 Å². The van der Waals surface area contributed by atoms with Gasteiger partial charge in [-0.2, -0.15) is 0 Å². The number of nitrogens with zero attached hydrogens (tertiary/aromatic N) is 1. The monoisotopic (exact) mass is 311 g/mol. The molecule has 1 heterocycles. The number of carbonyl (C=O) groups is 1. The van der Waals surface area contributed by atoms with Crippen LogP contribution in [-0.4, -0.2) is 30.6 Å². The van der Waals surface area contributed by atoms with E-state index in [9.17, 15) is 4.79 Å². The van der Waals surface area contributed by atoms with Crippen molar-refractivity contribution in [2.24, 2.45) is 11.1 Å². The molecule has 1 saturated carbocycles. The molecule has 0 aliphatic heterocycles. The van der Waals surface area contributed by atoms with E-state index in [4.69, 9.17) is 10.5 Å². The molecule has 3 N–H and O–H groups in total. The SMILES string of the molecule is CCOCCC1(CNC(=O)c2csc(CN)n2)CCCC1. The van der Waals surface area contributed by atoms with Gasteiger partial charge in [-0.25, -0.2) is 4.98 Å². The molecule has 1 aliphatic rings. The predicted octanol–water partition coefficient (Wildman–Crippen LogP) is 2.32. The second-order valence-electron chi connectivity index (χ2n) is 5.67. The van der Waals surface area contributed by atoms with Gasteiger partial charge in [-0.3, -0.25) is 4.79 Å². The molecule has 1 aliphatic carbocycles. The number of nitrogens with two attached hydrogens (primary N) is 1. The normalized spacial score (nSPS) is 17.0. The van der Waals surface area contributed by atoms with Crippen molar-refractivity contribution in [1.29, 1.82) is 0 Å². The van der Waals surface area contributed by atoms with Crippen LogP contribution in [0.3, 0.4) is 0 Å². The maximum atomic E-state index is 12.2. The predicted molar refractivity (Wildman–Crippen MR) is 84.3 cm³/mol.